The van der Waals surface area contributed by atoms with E-state index in [9.17, 15) is 0 Å². The quantitative estimate of drug-likeness (QED) is 0.789. The van der Waals surface area contributed by atoms with Crippen LogP contribution in [0.2, 0.25) is 5.02 Å². The lowest BCUT2D eigenvalue weighted by Crippen LogP contribution is -2.00. The predicted molar refractivity (Wildman–Crippen MR) is 53.3 cm³/mol. The summed E-state index contributed by atoms with van der Waals surface area (Å²) in [6, 6.07) is 6.19. The summed E-state index contributed by atoms with van der Waals surface area (Å²) in [5.41, 5.74) is 6.97. The second kappa shape index (κ2) is 3.20. The highest BCUT2D eigenvalue weighted by atomic mass is 35.5. The third kappa shape index (κ3) is 1.64. The first-order chi connectivity index (χ1) is 6.22. The highest BCUT2D eigenvalue weighted by molar-refractivity contribution is 6.32. The lowest BCUT2D eigenvalue weighted by molar-refractivity contribution is 0.415. The molecule has 2 atom stereocenters. The first kappa shape index (κ1) is 8.85. The molecule has 0 spiro atoms. The molecule has 1 aromatic rings. The number of nitrogens with two attached hydrogens (primary N) is 1. The number of benzene rings is 1. The Labute approximate surface area is 82.6 Å². The van der Waals surface area contributed by atoms with Crippen molar-refractivity contribution in [1.82, 2.24) is 0 Å². The number of hydrogen-bond acceptors (Lipinski definition) is 2. The van der Waals surface area contributed by atoms with Crippen LogP contribution in [0, 0.1) is 0 Å². The minimum absolute atomic E-state index is 0.324. The molecule has 0 radical (unpaired) electrons. The molecule has 1 fully saturated rings. The summed E-state index contributed by atoms with van der Waals surface area (Å²) in [6.45, 7) is 0. The van der Waals surface area contributed by atoms with Crippen LogP contribution in [0.1, 0.15) is 17.9 Å². The molecule has 0 bridgehead atoms. The summed E-state index contributed by atoms with van der Waals surface area (Å²) < 4.78 is 5.06. The van der Waals surface area contributed by atoms with Crippen LogP contribution in [-0.2, 0) is 0 Å². The molecule has 70 valence electrons. The number of rotatable bonds is 2. The molecule has 0 amide bonds. The van der Waals surface area contributed by atoms with Crippen LogP contribution in [-0.4, -0.2) is 13.2 Å². The van der Waals surface area contributed by atoms with Crippen LogP contribution in [0.4, 0.5) is 0 Å². The van der Waals surface area contributed by atoms with Crippen molar-refractivity contribution in [3.8, 4) is 5.75 Å². The van der Waals surface area contributed by atoms with Crippen molar-refractivity contribution < 1.29 is 4.74 Å². The molecular weight excluding hydrogens is 186 g/mol. The number of halogens is 1. The Morgan fingerprint density at radius 1 is 1.54 bits per heavy atom. The lowest BCUT2D eigenvalue weighted by atomic mass is 10.1. The molecule has 1 saturated carbocycles. The van der Waals surface area contributed by atoms with Gasteiger partial charge in [0.25, 0.3) is 0 Å². The van der Waals surface area contributed by atoms with E-state index in [4.69, 9.17) is 22.1 Å². The number of ether oxygens (including phenoxy) is 1. The molecule has 1 aromatic carbocycles. The summed E-state index contributed by atoms with van der Waals surface area (Å²) in [6.07, 6.45) is 1.07. The van der Waals surface area contributed by atoms with Crippen LogP contribution < -0.4 is 10.5 Å². The first-order valence-electron chi connectivity index (χ1n) is 4.31. The highest BCUT2D eigenvalue weighted by Gasteiger charge is 2.34. The molecule has 1 aliphatic rings. The summed E-state index contributed by atoms with van der Waals surface area (Å²) in [7, 11) is 1.61. The first-order valence-corrected chi connectivity index (χ1v) is 4.69. The Hall–Kier alpha value is -0.730. The van der Waals surface area contributed by atoms with Crippen molar-refractivity contribution in [2.75, 3.05) is 7.11 Å². The third-order valence-corrected chi connectivity index (χ3v) is 2.74. The zero-order valence-corrected chi connectivity index (χ0v) is 8.21. The van der Waals surface area contributed by atoms with E-state index in [1.807, 2.05) is 18.2 Å². The van der Waals surface area contributed by atoms with Gasteiger partial charge in [-0.25, -0.2) is 0 Å². The van der Waals surface area contributed by atoms with Gasteiger partial charge in [0.2, 0.25) is 0 Å². The van der Waals surface area contributed by atoms with Gasteiger partial charge in [0.15, 0.2) is 0 Å². The van der Waals surface area contributed by atoms with Gasteiger partial charge >= 0.3 is 0 Å². The van der Waals surface area contributed by atoms with Crippen molar-refractivity contribution >= 4 is 11.6 Å². The van der Waals surface area contributed by atoms with Gasteiger partial charge < -0.3 is 10.5 Å². The minimum atomic E-state index is 0.324. The van der Waals surface area contributed by atoms with Crippen molar-refractivity contribution in [3.63, 3.8) is 0 Å². The Morgan fingerprint density at radius 3 is 2.69 bits per heavy atom. The maximum Gasteiger partial charge on any atom is 0.137 e. The van der Waals surface area contributed by atoms with Crippen LogP contribution in [0.5, 0.6) is 5.75 Å². The average molecular weight is 198 g/mol. The molecule has 13 heavy (non-hydrogen) atoms. The summed E-state index contributed by atoms with van der Waals surface area (Å²) in [5, 5.41) is 0.666. The van der Waals surface area contributed by atoms with Crippen molar-refractivity contribution in [2.24, 2.45) is 5.73 Å². The largest absolute Gasteiger partial charge is 0.495 e. The van der Waals surface area contributed by atoms with E-state index < -0.39 is 0 Å². The Bertz CT molecular complexity index is 327. The van der Waals surface area contributed by atoms with E-state index in [1.54, 1.807) is 7.11 Å². The standard InChI is InChI=1S/C10H12ClNO/c1-13-10-3-2-6(4-8(10)11)7-5-9(7)12/h2-4,7,9H,5,12H2,1H3. The third-order valence-electron chi connectivity index (χ3n) is 2.44. The van der Waals surface area contributed by atoms with Gasteiger partial charge in [-0.1, -0.05) is 17.7 Å². The fourth-order valence-corrected chi connectivity index (χ4v) is 1.78. The average Bonchev–Trinajstić information content (AvgIpc) is 2.82. The van der Waals surface area contributed by atoms with Crippen LogP contribution in [0.15, 0.2) is 18.2 Å². The monoisotopic (exact) mass is 197 g/mol. The van der Waals surface area contributed by atoms with E-state index in [-0.39, 0.29) is 0 Å². The molecule has 0 saturated heterocycles. The maximum atomic E-state index is 5.98. The molecule has 2 N–H and O–H groups in total. The molecule has 3 heteroatoms. The van der Waals surface area contributed by atoms with Crippen molar-refractivity contribution in [3.05, 3.63) is 28.8 Å². The SMILES string of the molecule is COc1ccc(C2CC2N)cc1Cl. The van der Waals surface area contributed by atoms with Crippen molar-refractivity contribution in [2.45, 2.75) is 18.4 Å². The molecule has 0 heterocycles. The van der Waals surface area contributed by atoms with E-state index in [0.29, 0.717) is 17.0 Å². The van der Waals surface area contributed by atoms with E-state index in [1.165, 1.54) is 5.56 Å². The second-order valence-electron chi connectivity index (χ2n) is 3.40. The summed E-state index contributed by atoms with van der Waals surface area (Å²) >= 11 is 5.98. The normalized spacial score (nSPS) is 25.8. The van der Waals surface area contributed by atoms with Gasteiger partial charge in [0.1, 0.15) is 5.75 Å². The van der Waals surface area contributed by atoms with E-state index in [2.05, 4.69) is 0 Å². The van der Waals surface area contributed by atoms with Crippen LogP contribution in [0.3, 0.4) is 0 Å². The molecule has 2 rings (SSSR count). The Morgan fingerprint density at radius 2 is 2.23 bits per heavy atom. The van der Waals surface area contributed by atoms with Crippen LogP contribution >= 0.6 is 11.6 Å². The van der Waals surface area contributed by atoms with Crippen LogP contribution in [0.25, 0.3) is 0 Å². The number of methoxy groups -OCH3 is 1. The predicted octanol–water partition coefficient (Wildman–Crippen LogP) is 2.16. The zero-order valence-electron chi connectivity index (χ0n) is 7.46. The molecule has 2 nitrogen and oxygen atoms in total. The summed E-state index contributed by atoms with van der Waals surface area (Å²) in [4.78, 5) is 0. The fraction of sp³-hybridized carbons (Fsp3) is 0.400. The van der Waals surface area contributed by atoms with Gasteiger partial charge in [0, 0.05) is 12.0 Å². The fourth-order valence-electron chi connectivity index (χ4n) is 1.51. The molecule has 2 unspecified atom stereocenters. The second-order valence-corrected chi connectivity index (χ2v) is 3.81. The molecule has 1 aliphatic carbocycles. The zero-order chi connectivity index (χ0) is 9.42. The van der Waals surface area contributed by atoms with Gasteiger partial charge in [-0.2, -0.15) is 0 Å². The van der Waals surface area contributed by atoms with E-state index >= 15 is 0 Å². The Kier molecular flexibility index (Phi) is 2.18. The van der Waals surface area contributed by atoms with Gasteiger partial charge in [-0.3, -0.25) is 0 Å². The summed E-state index contributed by atoms with van der Waals surface area (Å²) in [5.74, 6) is 1.23. The van der Waals surface area contributed by atoms with E-state index in [0.717, 1.165) is 12.2 Å². The molecular formula is C10H12ClNO. The molecule has 0 aromatic heterocycles. The highest BCUT2D eigenvalue weighted by Crippen LogP contribution is 2.41. The number of hydrogen-bond donors (Lipinski definition) is 1. The van der Waals surface area contributed by atoms with Crippen molar-refractivity contribution in [1.29, 1.82) is 0 Å². The maximum absolute atomic E-state index is 5.98. The minimum Gasteiger partial charge on any atom is -0.495 e. The van der Waals surface area contributed by atoms with Gasteiger partial charge in [-0.15, -0.1) is 0 Å². The topological polar surface area (TPSA) is 35.2 Å². The van der Waals surface area contributed by atoms with Gasteiger partial charge in [0.05, 0.1) is 12.1 Å². The smallest absolute Gasteiger partial charge is 0.137 e. The lowest BCUT2D eigenvalue weighted by Gasteiger charge is -2.04. The van der Waals surface area contributed by atoms with Gasteiger partial charge in [-0.05, 0) is 24.1 Å². The Balaban J connectivity index is 2.25. The molecule has 0 aliphatic heterocycles.